The van der Waals surface area contributed by atoms with Gasteiger partial charge in [0.1, 0.15) is 6.29 Å². The van der Waals surface area contributed by atoms with Crippen molar-refractivity contribution in [2.75, 3.05) is 13.2 Å². The molecular weight excluding hydrogens is 245 g/mol. The maximum Gasteiger partial charge on any atom is 0.227 e. The molecule has 1 amide bonds. The van der Waals surface area contributed by atoms with E-state index in [1.165, 1.54) is 0 Å². The number of alkyl halides is 1. The third kappa shape index (κ3) is 2.15. The second-order valence-electron chi connectivity index (χ2n) is 5.35. The molecule has 0 spiro atoms. The van der Waals surface area contributed by atoms with Crippen LogP contribution >= 0.6 is 0 Å². The molecule has 4 heteroatoms. The molecule has 0 unspecified atom stereocenters. The summed E-state index contributed by atoms with van der Waals surface area (Å²) in [5, 5.41) is 2.75. The highest BCUT2D eigenvalue weighted by Crippen LogP contribution is 2.45. The highest BCUT2D eigenvalue weighted by atomic mass is 19.1. The van der Waals surface area contributed by atoms with Crippen molar-refractivity contribution in [3.8, 4) is 0 Å². The fourth-order valence-corrected chi connectivity index (χ4v) is 2.78. The van der Waals surface area contributed by atoms with E-state index >= 15 is 0 Å². The Kier molecular flexibility index (Phi) is 3.69. The van der Waals surface area contributed by atoms with Crippen LogP contribution in [0, 0.1) is 11.3 Å². The normalized spacial score (nSPS) is 27.9. The molecule has 19 heavy (non-hydrogen) atoms. The zero-order valence-corrected chi connectivity index (χ0v) is 11.2. The summed E-state index contributed by atoms with van der Waals surface area (Å²) in [6.07, 6.45) is 0.781. The highest BCUT2D eigenvalue weighted by Gasteiger charge is 2.50. The molecule has 0 radical (unpaired) electrons. The van der Waals surface area contributed by atoms with Gasteiger partial charge in [0, 0.05) is 18.0 Å². The monoisotopic (exact) mass is 263 g/mol. The molecule has 1 aliphatic rings. The lowest BCUT2D eigenvalue weighted by atomic mass is 9.68. The van der Waals surface area contributed by atoms with Gasteiger partial charge in [-0.25, -0.2) is 0 Å². The first kappa shape index (κ1) is 13.7. The Labute approximate surface area is 112 Å². The number of carbonyl (C=O) groups excluding carboxylic acids is 2. The number of halogens is 1. The van der Waals surface area contributed by atoms with Crippen LogP contribution in [0.5, 0.6) is 0 Å². The van der Waals surface area contributed by atoms with Gasteiger partial charge in [0.15, 0.2) is 0 Å². The van der Waals surface area contributed by atoms with E-state index in [0.29, 0.717) is 12.1 Å². The second-order valence-corrected chi connectivity index (χ2v) is 5.35. The predicted octanol–water partition coefficient (Wildman–Crippen LogP) is 2.32. The van der Waals surface area contributed by atoms with Gasteiger partial charge in [0.2, 0.25) is 5.91 Å². The molecule has 1 heterocycles. The van der Waals surface area contributed by atoms with Crippen LogP contribution in [-0.4, -0.2) is 25.4 Å². The number of nitrogens with one attached hydrogen (secondary N) is 1. The summed E-state index contributed by atoms with van der Waals surface area (Å²) >= 11 is 0. The number of hydrogen-bond donors (Lipinski definition) is 1. The quantitative estimate of drug-likeness (QED) is 0.847. The van der Waals surface area contributed by atoms with E-state index in [-0.39, 0.29) is 17.7 Å². The van der Waals surface area contributed by atoms with Crippen molar-refractivity contribution in [2.45, 2.75) is 19.8 Å². The minimum absolute atomic E-state index is 0.0953. The first-order chi connectivity index (χ1) is 9.03. The number of hydrogen-bond acceptors (Lipinski definition) is 2. The van der Waals surface area contributed by atoms with Crippen LogP contribution in [0.3, 0.4) is 0 Å². The Morgan fingerprint density at radius 1 is 1.47 bits per heavy atom. The molecule has 0 aromatic heterocycles. The highest BCUT2D eigenvalue weighted by molar-refractivity contribution is 5.86. The van der Waals surface area contributed by atoms with E-state index in [1.54, 1.807) is 12.1 Å². The molecule has 102 valence electrons. The fourth-order valence-electron chi connectivity index (χ4n) is 2.78. The van der Waals surface area contributed by atoms with Crippen LogP contribution in [0.15, 0.2) is 24.3 Å². The van der Waals surface area contributed by atoms with E-state index in [9.17, 15) is 14.0 Å². The van der Waals surface area contributed by atoms with Gasteiger partial charge in [-0.2, -0.15) is 0 Å². The largest absolute Gasteiger partial charge is 0.355 e. The summed E-state index contributed by atoms with van der Waals surface area (Å²) in [5.41, 5.74) is 0.805. The van der Waals surface area contributed by atoms with Crippen molar-refractivity contribution in [3.63, 3.8) is 0 Å². The fraction of sp³-hybridized carbons (Fsp3) is 0.467. The SMILES string of the molecule is C[C@H](c1ccc(C=O)cc1)[C@@]1(C)C(=O)NC[C@@H]1CF. The molecule has 1 fully saturated rings. The maximum absolute atomic E-state index is 13.1. The van der Waals surface area contributed by atoms with E-state index in [0.717, 1.165) is 11.8 Å². The van der Waals surface area contributed by atoms with Crippen LogP contribution in [0.25, 0.3) is 0 Å². The Bertz CT molecular complexity index is 485. The molecule has 0 bridgehead atoms. The van der Waals surface area contributed by atoms with Gasteiger partial charge in [-0.15, -0.1) is 0 Å². The van der Waals surface area contributed by atoms with Gasteiger partial charge >= 0.3 is 0 Å². The molecule has 0 saturated carbocycles. The number of rotatable bonds is 4. The second kappa shape index (κ2) is 5.11. The molecule has 1 aromatic rings. The number of benzene rings is 1. The van der Waals surface area contributed by atoms with Crippen LogP contribution in [0.2, 0.25) is 0 Å². The molecule has 1 saturated heterocycles. The third-order valence-corrected chi connectivity index (χ3v) is 4.50. The zero-order chi connectivity index (χ0) is 14.0. The number of amides is 1. The lowest BCUT2D eigenvalue weighted by Crippen LogP contribution is -2.37. The predicted molar refractivity (Wildman–Crippen MR) is 70.8 cm³/mol. The van der Waals surface area contributed by atoms with Crippen molar-refractivity contribution in [1.29, 1.82) is 0 Å². The van der Waals surface area contributed by atoms with Crippen LogP contribution in [0.1, 0.15) is 35.7 Å². The summed E-state index contributed by atoms with van der Waals surface area (Å²) in [6, 6.07) is 7.11. The average Bonchev–Trinajstić information content (AvgIpc) is 2.75. The van der Waals surface area contributed by atoms with Crippen molar-refractivity contribution in [3.05, 3.63) is 35.4 Å². The van der Waals surface area contributed by atoms with Crippen molar-refractivity contribution in [2.24, 2.45) is 11.3 Å². The Morgan fingerprint density at radius 2 is 2.11 bits per heavy atom. The van der Waals surface area contributed by atoms with Gasteiger partial charge in [-0.05, 0) is 18.4 Å². The molecule has 0 aliphatic carbocycles. The van der Waals surface area contributed by atoms with E-state index < -0.39 is 12.1 Å². The summed E-state index contributed by atoms with van der Waals surface area (Å²) in [4.78, 5) is 22.7. The van der Waals surface area contributed by atoms with Gasteiger partial charge in [-0.1, -0.05) is 31.2 Å². The molecule has 3 atom stereocenters. The number of aldehydes is 1. The maximum atomic E-state index is 13.1. The summed E-state index contributed by atoms with van der Waals surface area (Å²) in [7, 11) is 0. The smallest absolute Gasteiger partial charge is 0.227 e. The topological polar surface area (TPSA) is 46.2 Å². The lowest BCUT2D eigenvalue weighted by Gasteiger charge is -2.33. The van der Waals surface area contributed by atoms with Gasteiger partial charge < -0.3 is 5.32 Å². The summed E-state index contributed by atoms with van der Waals surface area (Å²) in [6.45, 7) is 3.63. The van der Waals surface area contributed by atoms with Crippen molar-refractivity contribution >= 4 is 12.2 Å². The van der Waals surface area contributed by atoms with E-state index in [2.05, 4.69) is 5.32 Å². The van der Waals surface area contributed by atoms with Gasteiger partial charge in [0.05, 0.1) is 12.1 Å². The zero-order valence-electron chi connectivity index (χ0n) is 11.2. The molecule has 1 aromatic carbocycles. The molecule has 1 aliphatic heterocycles. The Hall–Kier alpha value is -1.71. The number of carbonyl (C=O) groups is 2. The minimum Gasteiger partial charge on any atom is -0.355 e. The van der Waals surface area contributed by atoms with E-state index in [4.69, 9.17) is 0 Å². The van der Waals surface area contributed by atoms with Gasteiger partial charge in [-0.3, -0.25) is 14.0 Å². The first-order valence-corrected chi connectivity index (χ1v) is 6.43. The van der Waals surface area contributed by atoms with Crippen molar-refractivity contribution < 1.29 is 14.0 Å². The minimum atomic E-state index is -0.739. The summed E-state index contributed by atoms with van der Waals surface area (Å²) < 4.78 is 13.1. The van der Waals surface area contributed by atoms with Crippen molar-refractivity contribution in [1.82, 2.24) is 5.32 Å². The molecule has 2 rings (SSSR count). The van der Waals surface area contributed by atoms with Gasteiger partial charge in [0.25, 0.3) is 0 Å². The molecule has 3 nitrogen and oxygen atoms in total. The molecule has 1 N–H and O–H groups in total. The Balaban J connectivity index is 2.32. The third-order valence-electron chi connectivity index (χ3n) is 4.50. The lowest BCUT2D eigenvalue weighted by molar-refractivity contribution is -0.129. The van der Waals surface area contributed by atoms with Crippen LogP contribution in [0.4, 0.5) is 4.39 Å². The average molecular weight is 263 g/mol. The van der Waals surface area contributed by atoms with Crippen LogP contribution < -0.4 is 5.32 Å². The standard InChI is InChI=1S/C15H18FNO2/c1-10(12-5-3-11(9-18)4-6-12)15(2)13(7-16)8-17-14(15)19/h3-6,9-10,13H,7-8H2,1-2H3,(H,17,19)/t10-,13+,15-/m1/s1. The Morgan fingerprint density at radius 3 is 2.63 bits per heavy atom. The van der Waals surface area contributed by atoms with E-state index in [1.807, 2.05) is 26.0 Å². The first-order valence-electron chi connectivity index (χ1n) is 6.43. The molecular formula is C15H18FNO2. The summed E-state index contributed by atoms with van der Waals surface area (Å²) in [5.74, 6) is -0.501. The van der Waals surface area contributed by atoms with Crippen LogP contribution in [-0.2, 0) is 4.79 Å².